The van der Waals surface area contributed by atoms with Gasteiger partial charge in [-0.15, -0.1) is 0 Å². The lowest BCUT2D eigenvalue weighted by Gasteiger charge is -2.13. The maximum absolute atomic E-state index is 10.1. The molecule has 0 saturated heterocycles. The van der Waals surface area contributed by atoms with Crippen molar-refractivity contribution in [1.29, 1.82) is 0 Å². The van der Waals surface area contributed by atoms with Crippen LogP contribution in [0.5, 0.6) is 0 Å². The molecule has 0 spiro atoms. The minimum Gasteiger partial charge on any atom is -0.788 e. The predicted molar refractivity (Wildman–Crippen MR) is 102 cm³/mol. The van der Waals surface area contributed by atoms with Crippen molar-refractivity contribution in [3.63, 3.8) is 0 Å². The fraction of sp³-hybridized carbons (Fsp3) is 1.00. The molecule has 1 atom stereocenters. The summed E-state index contributed by atoms with van der Waals surface area (Å²) in [4.78, 5) is 0. The Labute approximate surface area is 145 Å². The maximum Gasteiger partial charge on any atom is 0.0655 e. The standard InChI is InChI=1S/C20H42NO2/c1-2-3-4-5-6-7-8-9-10-11-12-13-14-15-16-17-18-20(22)19-21-23/h20-22H,2-19H2,1H3/q-1. The fourth-order valence-electron chi connectivity index (χ4n) is 3.13. The van der Waals surface area contributed by atoms with Crippen LogP contribution in [0.4, 0.5) is 0 Å². The molecule has 0 rings (SSSR count). The number of rotatable bonds is 19. The number of hydrogen-bond donors (Lipinski definition) is 2. The van der Waals surface area contributed by atoms with Gasteiger partial charge in [0.25, 0.3) is 0 Å². The molecule has 0 aliphatic heterocycles. The number of aliphatic hydroxyl groups is 1. The van der Waals surface area contributed by atoms with Crippen LogP contribution >= 0.6 is 0 Å². The number of hydroxylamine groups is 1. The lowest BCUT2D eigenvalue weighted by Crippen LogP contribution is -2.21. The van der Waals surface area contributed by atoms with Gasteiger partial charge in [0.1, 0.15) is 0 Å². The fourth-order valence-corrected chi connectivity index (χ4v) is 3.13. The highest BCUT2D eigenvalue weighted by molar-refractivity contribution is 4.59. The van der Waals surface area contributed by atoms with E-state index < -0.39 is 6.10 Å². The number of nitrogens with one attached hydrogen (secondary N) is 1. The molecule has 2 N–H and O–H groups in total. The molecule has 140 valence electrons. The molecule has 3 heteroatoms. The smallest absolute Gasteiger partial charge is 0.0655 e. The van der Waals surface area contributed by atoms with Crippen molar-refractivity contribution in [3.8, 4) is 0 Å². The third kappa shape index (κ3) is 19.8. The molecule has 23 heavy (non-hydrogen) atoms. The number of aliphatic hydroxyl groups excluding tert-OH is 1. The Balaban J connectivity index is 3.00. The highest BCUT2D eigenvalue weighted by Gasteiger charge is 2.00. The van der Waals surface area contributed by atoms with Crippen molar-refractivity contribution in [2.24, 2.45) is 0 Å². The van der Waals surface area contributed by atoms with Crippen molar-refractivity contribution < 1.29 is 5.11 Å². The van der Waals surface area contributed by atoms with Crippen LogP contribution in [0.1, 0.15) is 116 Å². The summed E-state index contributed by atoms with van der Waals surface area (Å²) in [5.74, 6) is 0. The van der Waals surface area contributed by atoms with Crippen LogP contribution in [0.2, 0.25) is 0 Å². The predicted octanol–water partition coefficient (Wildman–Crippen LogP) is 6.09. The van der Waals surface area contributed by atoms with Crippen LogP contribution in [0.3, 0.4) is 0 Å². The van der Waals surface area contributed by atoms with Crippen LogP contribution in [0.15, 0.2) is 0 Å². The molecule has 0 radical (unpaired) electrons. The van der Waals surface area contributed by atoms with E-state index in [2.05, 4.69) is 6.92 Å². The Morgan fingerprint density at radius 3 is 1.35 bits per heavy atom. The first-order chi connectivity index (χ1) is 11.3. The summed E-state index contributed by atoms with van der Waals surface area (Å²) in [5.41, 5.74) is 1.77. The van der Waals surface area contributed by atoms with E-state index in [-0.39, 0.29) is 6.54 Å². The second-order valence-corrected chi connectivity index (χ2v) is 7.09. The molecule has 0 saturated carbocycles. The van der Waals surface area contributed by atoms with E-state index >= 15 is 0 Å². The minimum atomic E-state index is -0.459. The van der Waals surface area contributed by atoms with Crippen LogP contribution in [0, 0.1) is 5.21 Å². The molecule has 0 fully saturated rings. The molecule has 0 aromatic carbocycles. The van der Waals surface area contributed by atoms with Gasteiger partial charge in [0.05, 0.1) is 6.10 Å². The lowest BCUT2D eigenvalue weighted by molar-refractivity contribution is 0.162. The first-order valence-electron chi connectivity index (χ1n) is 10.3. The molecule has 3 nitrogen and oxygen atoms in total. The van der Waals surface area contributed by atoms with Gasteiger partial charge in [-0.1, -0.05) is 110 Å². The van der Waals surface area contributed by atoms with Crippen LogP contribution in [-0.4, -0.2) is 17.8 Å². The van der Waals surface area contributed by atoms with Gasteiger partial charge in [-0.2, -0.15) is 0 Å². The Hall–Kier alpha value is -0.120. The number of hydrogen-bond acceptors (Lipinski definition) is 3. The monoisotopic (exact) mass is 328 g/mol. The first kappa shape index (κ1) is 22.9. The Bertz CT molecular complexity index is 212. The summed E-state index contributed by atoms with van der Waals surface area (Å²) in [6.45, 7) is 2.46. The highest BCUT2D eigenvalue weighted by Crippen LogP contribution is 2.14. The maximum atomic E-state index is 10.1. The molecule has 0 bridgehead atoms. The second kappa shape index (κ2) is 19.9. The molecule has 0 aromatic rings. The van der Waals surface area contributed by atoms with E-state index in [4.69, 9.17) is 0 Å². The zero-order chi connectivity index (χ0) is 17.0. The zero-order valence-electron chi connectivity index (χ0n) is 15.7. The average Bonchev–Trinajstić information content (AvgIpc) is 2.54. The normalized spacial score (nSPS) is 12.7. The first-order valence-corrected chi connectivity index (χ1v) is 10.3. The van der Waals surface area contributed by atoms with Crippen molar-refractivity contribution in [1.82, 2.24) is 5.48 Å². The van der Waals surface area contributed by atoms with Crippen molar-refractivity contribution in [2.45, 2.75) is 122 Å². The van der Waals surface area contributed by atoms with Gasteiger partial charge in [-0.25, -0.2) is 0 Å². The molecule has 0 aliphatic rings. The SMILES string of the molecule is CCCCCCCCCCCCCCCCCCC(O)CN[O-]. The van der Waals surface area contributed by atoms with E-state index in [1.165, 1.54) is 96.3 Å². The van der Waals surface area contributed by atoms with Crippen LogP contribution in [0.25, 0.3) is 0 Å². The third-order valence-electron chi connectivity index (χ3n) is 4.71. The van der Waals surface area contributed by atoms with E-state index in [1.807, 2.05) is 0 Å². The molecule has 1 unspecified atom stereocenters. The van der Waals surface area contributed by atoms with Gasteiger partial charge in [-0.05, 0) is 6.42 Å². The van der Waals surface area contributed by atoms with Gasteiger partial charge in [0, 0.05) is 6.54 Å². The molecule has 0 amide bonds. The Morgan fingerprint density at radius 1 is 0.652 bits per heavy atom. The van der Waals surface area contributed by atoms with E-state index in [0.717, 1.165) is 12.8 Å². The molecule has 0 aromatic heterocycles. The average molecular weight is 329 g/mol. The summed E-state index contributed by atoms with van der Waals surface area (Å²) in [6.07, 6.45) is 22.1. The van der Waals surface area contributed by atoms with E-state index in [0.29, 0.717) is 0 Å². The van der Waals surface area contributed by atoms with Gasteiger partial charge >= 0.3 is 0 Å². The largest absolute Gasteiger partial charge is 0.788 e. The number of unbranched alkanes of at least 4 members (excludes halogenated alkanes) is 15. The summed E-state index contributed by atoms with van der Waals surface area (Å²) in [7, 11) is 0. The topological polar surface area (TPSA) is 55.3 Å². The second-order valence-electron chi connectivity index (χ2n) is 7.09. The van der Waals surface area contributed by atoms with Gasteiger partial charge in [0.2, 0.25) is 0 Å². The van der Waals surface area contributed by atoms with Crippen molar-refractivity contribution >= 4 is 0 Å². The van der Waals surface area contributed by atoms with Crippen LogP contribution in [-0.2, 0) is 0 Å². The van der Waals surface area contributed by atoms with Crippen molar-refractivity contribution in [2.75, 3.05) is 6.54 Å². The highest BCUT2D eigenvalue weighted by atomic mass is 16.5. The van der Waals surface area contributed by atoms with Gasteiger partial charge in [-0.3, -0.25) is 0 Å². The Kier molecular flexibility index (Phi) is 19.8. The summed E-state index contributed by atoms with van der Waals surface area (Å²) < 4.78 is 0. The molecule has 0 aliphatic carbocycles. The van der Waals surface area contributed by atoms with Gasteiger partial charge in [0.15, 0.2) is 0 Å². The molecular formula is C20H42NO2-. The Morgan fingerprint density at radius 2 is 1.00 bits per heavy atom. The van der Waals surface area contributed by atoms with Crippen molar-refractivity contribution in [3.05, 3.63) is 5.21 Å². The quantitative estimate of drug-likeness (QED) is 0.223. The summed E-state index contributed by atoms with van der Waals surface area (Å²) in [5, 5.41) is 19.5. The van der Waals surface area contributed by atoms with E-state index in [9.17, 15) is 10.3 Å². The summed E-state index contributed by atoms with van der Waals surface area (Å²) >= 11 is 0. The minimum absolute atomic E-state index is 0.179. The van der Waals surface area contributed by atoms with Crippen LogP contribution < -0.4 is 5.48 Å². The third-order valence-corrected chi connectivity index (χ3v) is 4.71. The zero-order valence-corrected chi connectivity index (χ0v) is 15.7. The lowest BCUT2D eigenvalue weighted by atomic mass is 10.0. The van der Waals surface area contributed by atoms with E-state index in [1.54, 1.807) is 5.48 Å². The van der Waals surface area contributed by atoms with Gasteiger partial charge < -0.3 is 15.8 Å². The molecule has 0 heterocycles. The molecular weight excluding hydrogens is 286 g/mol. The summed E-state index contributed by atoms with van der Waals surface area (Å²) in [6, 6.07) is 0.